The van der Waals surface area contributed by atoms with Crippen molar-refractivity contribution in [2.45, 2.75) is 0 Å². The highest BCUT2D eigenvalue weighted by Crippen LogP contribution is 2.46. The van der Waals surface area contributed by atoms with E-state index in [1.54, 1.807) is 0 Å². The third kappa shape index (κ3) is 5.04. The molecule has 0 radical (unpaired) electrons. The van der Waals surface area contributed by atoms with Crippen LogP contribution in [0.4, 0.5) is 17.1 Å². The maximum atomic E-state index is 2.41. The van der Waals surface area contributed by atoms with Crippen molar-refractivity contribution < 1.29 is 0 Å². The van der Waals surface area contributed by atoms with Crippen LogP contribution >= 0.6 is 11.3 Å². The Balaban J connectivity index is 1.19. The highest BCUT2D eigenvalue weighted by atomic mass is 32.1. The molecule has 0 atom stereocenters. The summed E-state index contributed by atoms with van der Waals surface area (Å²) in [6, 6.07) is 68.0. The van der Waals surface area contributed by atoms with Crippen molar-refractivity contribution in [1.82, 2.24) is 0 Å². The average molecular weight is 630 g/mol. The highest BCUT2D eigenvalue weighted by Gasteiger charge is 2.19. The third-order valence-electron chi connectivity index (χ3n) is 9.28. The Bertz CT molecular complexity index is 2440. The third-order valence-corrected chi connectivity index (χ3v) is 10.5. The van der Waals surface area contributed by atoms with E-state index in [0.29, 0.717) is 0 Å². The summed E-state index contributed by atoms with van der Waals surface area (Å²) < 4.78 is 2.57. The first-order valence-corrected chi connectivity index (χ1v) is 17.2. The minimum atomic E-state index is 1.13. The largest absolute Gasteiger partial charge is 0.309 e. The van der Waals surface area contributed by atoms with Gasteiger partial charge in [-0.15, -0.1) is 11.3 Å². The normalized spacial score (nSPS) is 11.3. The summed E-state index contributed by atoms with van der Waals surface area (Å²) >= 11 is 1.88. The van der Waals surface area contributed by atoms with Gasteiger partial charge in [-0.3, -0.25) is 0 Å². The van der Waals surface area contributed by atoms with Gasteiger partial charge in [0.15, 0.2) is 0 Å². The number of fused-ring (bicyclic) bond motifs is 4. The van der Waals surface area contributed by atoms with Crippen LogP contribution in [0.25, 0.3) is 64.3 Å². The van der Waals surface area contributed by atoms with Crippen molar-refractivity contribution in [3.63, 3.8) is 0 Å². The summed E-state index contributed by atoms with van der Waals surface area (Å²) in [4.78, 5) is 2.41. The highest BCUT2D eigenvalue weighted by molar-refractivity contribution is 7.26. The van der Waals surface area contributed by atoms with Crippen molar-refractivity contribution >= 4 is 59.3 Å². The molecule has 48 heavy (non-hydrogen) atoms. The first-order chi connectivity index (χ1) is 23.8. The Morgan fingerprint density at radius 3 is 1.54 bits per heavy atom. The molecule has 1 aromatic heterocycles. The van der Waals surface area contributed by atoms with E-state index in [-0.39, 0.29) is 0 Å². The molecule has 0 spiro atoms. The summed E-state index contributed by atoms with van der Waals surface area (Å²) in [7, 11) is 0. The van der Waals surface area contributed by atoms with Gasteiger partial charge in [-0.1, -0.05) is 152 Å². The quantitative estimate of drug-likeness (QED) is 0.177. The Hall–Kier alpha value is -5.96. The predicted molar refractivity (Wildman–Crippen MR) is 208 cm³/mol. The van der Waals surface area contributed by atoms with E-state index in [1.165, 1.54) is 70.0 Å². The van der Waals surface area contributed by atoms with Crippen LogP contribution in [0, 0.1) is 0 Å². The Morgan fingerprint density at radius 2 is 0.875 bits per heavy atom. The topological polar surface area (TPSA) is 3.24 Å². The van der Waals surface area contributed by atoms with Gasteiger partial charge in [0.25, 0.3) is 0 Å². The molecule has 0 saturated heterocycles. The molecule has 9 rings (SSSR count). The summed E-state index contributed by atoms with van der Waals surface area (Å²) in [6.45, 7) is 0. The van der Waals surface area contributed by atoms with Crippen molar-refractivity contribution in [1.29, 1.82) is 0 Å². The molecule has 2 heteroatoms. The summed E-state index contributed by atoms with van der Waals surface area (Å²) in [5.74, 6) is 0. The fourth-order valence-electron chi connectivity index (χ4n) is 6.90. The average Bonchev–Trinajstić information content (AvgIpc) is 3.55. The molecule has 0 aliphatic heterocycles. The molecule has 9 aromatic rings. The SMILES string of the molecule is c1ccc(-c2ccc(N(c3ccc(-c4ccccc4)cc3)c3cccc4c3sc3cc(-c5cccc6ccccc56)ccc34)cc2)cc1. The maximum Gasteiger partial charge on any atom is 0.0640 e. The molecule has 0 bridgehead atoms. The molecular formula is C46H31NS. The molecule has 0 amide bonds. The minimum Gasteiger partial charge on any atom is -0.309 e. The van der Waals surface area contributed by atoms with E-state index in [2.05, 4.69) is 193 Å². The van der Waals surface area contributed by atoms with Gasteiger partial charge in [0.1, 0.15) is 0 Å². The molecule has 0 fully saturated rings. The van der Waals surface area contributed by atoms with E-state index in [9.17, 15) is 0 Å². The maximum absolute atomic E-state index is 2.41. The van der Waals surface area contributed by atoms with Gasteiger partial charge < -0.3 is 4.90 Å². The fourth-order valence-corrected chi connectivity index (χ4v) is 8.14. The molecule has 226 valence electrons. The molecule has 1 nitrogen and oxygen atoms in total. The zero-order valence-electron chi connectivity index (χ0n) is 26.3. The Labute approximate surface area is 284 Å². The minimum absolute atomic E-state index is 1.13. The van der Waals surface area contributed by atoms with Crippen LogP contribution in [0.15, 0.2) is 188 Å². The van der Waals surface area contributed by atoms with Crippen molar-refractivity contribution in [2.24, 2.45) is 0 Å². The first-order valence-electron chi connectivity index (χ1n) is 16.3. The second-order valence-electron chi connectivity index (χ2n) is 12.2. The fraction of sp³-hybridized carbons (Fsp3) is 0. The van der Waals surface area contributed by atoms with E-state index < -0.39 is 0 Å². The van der Waals surface area contributed by atoms with Crippen molar-refractivity contribution in [3.8, 4) is 33.4 Å². The van der Waals surface area contributed by atoms with Gasteiger partial charge in [0.05, 0.1) is 10.4 Å². The molecule has 0 N–H and O–H groups in total. The van der Waals surface area contributed by atoms with Gasteiger partial charge >= 0.3 is 0 Å². The van der Waals surface area contributed by atoms with E-state index in [4.69, 9.17) is 0 Å². The van der Waals surface area contributed by atoms with Crippen molar-refractivity contribution in [2.75, 3.05) is 4.90 Å². The lowest BCUT2D eigenvalue weighted by molar-refractivity contribution is 1.30. The lowest BCUT2D eigenvalue weighted by Gasteiger charge is -2.26. The molecular weight excluding hydrogens is 599 g/mol. The monoisotopic (exact) mass is 629 g/mol. The zero-order valence-corrected chi connectivity index (χ0v) is 27.1. The molecule has 0 unspecified atom stereocenters. The smallest absolute Gasteiger partial charge is 0.0640 e. The van der Waals surface area contributed by atoms with Crippen LogP contribution in [0.2, 0.25) is 0 Å². The number of benzene rings is 8. The van der Waals surface area contributed by atoms with Crippen LogP contribution in [-0.4, -0.2) is 0 Å². The molecule has 0 saturated carbocycles. The second kappa shape index (κ2) is 12.0. The molecule has 1 heterocycles. The number of anilines is 3. The van der Waals surface area contributed by atoms with Crippen LogP contribution in [0.5, 0.6) is 0 Å². The van der Waals surface area contributed by atoms with Gasteiger partial charge in [0.2, 0.25) is 0 Å². The van der Waals surface area contributed by atoms with Gasteiger partial charge in [-0.05, 0) is 80.6 Å². The number of rotatable bonds is 6. The van der Waals surface area contributed by atoms with E-state index in [1.807, 2.05) is 11.3 Å². The van der Waals surface area contributed by atoms with Crippen LogP contribution < -0.4 is 4.90 Å². The number of thiophene rings is 1. The Morgan fingerprint density at radius 1 is 0.354 bits per heavy atom. The molecule has 0 aliphatic rings. The van der Waals surface area contributed by atoms with E-state index in [0.717, 1.165) is 11.4 Å². The summed E-state index contributed by atoms with van der Waals surface area (Å²) in [5, 5.41) is 5.12. The van der Waals surface area contributed by atoms with E-state index >= 15 is 0 Å². The lowest BCUT2D eigenvalue weighted by Crippen LogP contribution is -2.10. The number of hydrogen-bond donors (Lipinski definition) is 0. The molecule has 8 aromatic carbocycles. The summed E-state index contributed by atoms with van der Waals surface area (Å²) in [6.07, 6.45) is 0. The lowest BCUT2D eigenvalue weighted by atomic mass is 9.97. The summed E-state index contributed by atoms with van der Waals surface area (Å²) in [5.41, 5.74) is 10.8. The number of hydrogen-bond acceptors (Lipinski definition) is 2. The van der Waals surface area contributed by atoms with Gasteiger partial charge in [-0.2, -0.15) is 0 Å². The number of nitrogens with zero attached hydrogens (tertiary/aromatic N) is 1. The van der Waals surface area contributed by atoms with Crippen LogP contribution in [-0.2, 0) is 0 Å². The van der Waals surface area contributed by atoms with Gasteiger partial charge in [-0.25, -0.2) is 0 Å². The Kier molecular flexibility index (Phi) is 7.07. The zero-order chi connectivity index (χ0) is 31.9. The van der Waals surface area contributed by atoms with Gasteiger partial charge in [0, 0.05) is 26.8 Å². The first kappa shape index (κ1) is 28.3. The standard InChI is InChI=1S/C46H31NS/c1-3-11-32(12-4-1)34-21-26-38(27-22-34)47(39-28-23-35(24-29-39)33-13-5-2-6-14-33)44-20-10-19-43-42-30-25-37(31-45(42)48-46(43)44)41-18-9-16-36-15-7-8-17-40(36)41/h1-31H. The van der Waals surface area contributed by atoms with Crippen molar-refractivity contribution in [3.05, 3.63) is 188 Å². The predicted octanol–water partition coefficient (Wildman–Crippen LogP) is 13.7. The van der Waals surface area contributed by atoms with Crippen LogP contribution in [0.3, 0.4) is 0 Å². The molecule has 0 aliphatic carbocycles. The second-order valence-corrected chi connectivity index (χ2v) is 13.2. The van der Waals surface area contributed by atoms with Crippen LogP contribution in [0.1, 0.15) is 0 Å².